The molecular weight excluding hydrogens is 268 g/mol. The molecule has 0 unspecified atom stereocenters. The van der Waals surface area contributed by atoms with E-state index in [-0.39, 0.29) is 5.56 Å². The second-order valence-electron chi connectivity index (χ2n) is 3.97. The van der Waals surface area contributed by atoms with Crippen LogP contribution in [0, 0.1) is 0 Å². The normalized spacial score (nSPS) is 11.9. The summed E-state index contributed by atoms with van der Waals surface area (Å²) in [5.41, 5.74) is 6.96. The first-order valence-electron chi connectivity index (χ1n) is 6.07. The zero-order valence-corrected chi connectivity index (χ0v) is 11.7. The van der Waals surface area contributed by atoms with Crippen molar-refractivity contribution in [1.29, 1.82) is 0 Å². The van der Waals surface area contributed by atoms with Crippen molar-refractivity contribution in [3.8, 4) is 0 Å². The number of benzene rings is 1. The number of alkyl halides is 2. The third-order valence-electron chi connectivity index (χ3n) is 2.63. The van der Waals surface area contributed by atoms with Crippen molar-refractivity contribution in [1.82, 2.24) is 5.32 Å². The topological polar surface area (TPSA) is 50.1 Å². The average molecular weight is 287 g/mol. The molecule has 1 aromatic rings. The molecule has 0 aliphatic heterocycles. The largest absolute Gasteiger partial charge is 0.398 e. The quantitative estimate of drug-likeness (QED) is 0.461. The van der Waals surface area contributed by atoms with Crippen LogP contribution in [0.15, 0.2) is 23.6 Å². The number of nitrogens with one attached hydrogen (secondary N) is 2. The van der Waals surface area contributed by atoms with Gasteiger partial charge < -0.3 is 16.4 Å². The number of halogens is 2. The molecule has 0 bridgehead atoms. The molecule has 6 heteroatoms. The number of hydrogen-bond acceptors (Lipinski definition) is 4. The Kier molecular flexibility index (Phi) is 6.66. The van der Waals surface area contributed by atoms with Crippen molar-refractivity contribution in [3.63, 3.8) is 0 Å². The van der Waals surface area contributed by atoms with Crippen LogP contribution in [0.1, 0.15) is 24.5 Å². The molecule has 0 saturated heterocycles. The lowest BCUT2D eigenvalue weighted by molar-refractivity contribution is 0.152. The third-order valence-corrected chi connectivity index (χ3v) is 2.90. The van der Waals surface area contributed by atoms with Gasteiger partial charge in [0.1, 0.15) is 0 Å². The van der Waals surface area contributed by atoms with Crippen LogP contribution in [0.5, 0.6) is 0 Å². The maximum absolute atomic E-state index is 13.0. The summed E-state index contributed by atoms with van der Waals surface area (Å²) < 4.78 is 26.0. The van der Waals surface area contributed by atoms with Gasteiger partial charge in [0.2, 0.25) is 0 Å². The summed E-state index contributed by atoms with van der Waals surface area (Å²) in [4.78, 5) is 0. The zero-order chi connectivity index (χ0) is 14.3. The highest BCUT2D eigenvalue weighted by Crippen LogP contribution is 2.29. The maximum Gasteiger partial charge on any atom is 0.265 e. The molecule has 0 atom stereocenters. The summed E-state index contributed by atoms with van der Waals surface area (Å²) in [6.07, 6.45) is -2.55. The van der Waals surface area contributed by atoms with Gasteiger partial charge in [-0.2, -0.15) is 0 Å². The van der Waals surface area contributed by atoms with Gasteiger partial charge >= 0.3 is 0 Å². The Morgan fingerprint density at radius 1 is 1.42 bits per heavy atom. The molecule has 0 saturated carbocycles. The maximum atomic E-state index is 13.0. The van der Waals surface area contributed by atoms with Crippen LogP contribution in [-0.2, 0) is 0 Å². The summed E-state index contributed by atoms with van der Waals surface area (Å²) in [6.45, 7) is 4.15. The fourth-order valence-electron chi connectivity index (χ4n) is 1.62. The molecule has 1 rings (SSSR count). The van der Waals surface area contributed by atoms with E-state index in [0.29, 0.717) is 23.5 Å². The lowest BCUT2D eigenvalue weighted by atomic mass is 10.1. The standard InChI is InChI=1S/C13H19F2N3S/c1-2-17-5-6-18-12-4-3-9(11(16)8-19)7-10(12)13(14)15/h3-4,7-8,13,17-19H,2,5-6,16H2,1H3/b11-8-. The van der Waals surface area contributed by atoms with E-state index in [2.05, 4.69) is 23.3 Å². The first-order chi connectivity index (χ1) is 9.10. The van der Waals surface area contributed by atoms with Crippen molar-refractivity contribution in [2.24, 2.45) is 5.73 Å². The van der Waals surface area contributed by atoms with E-state index in [1.54, 1.807) is 12.1 Å². The number of likely N-dealkylation sites (N-methyl/N-ethyl adjacent to an activating group) is 1. The van der Waals surface area contributed by atoms with E-state index in [1.165, 1.54) is 11.5 Å². The van der Waals surface area contributed by atoms with Crippen LogP contribution in [-0.4, -0.2) is 19.6 Å². The van der Waals surface area contributed by atoms with Crippen molar-refractivity contribution in [2.45, 2.75) is 13.3 Å². The lowest BCUT2D eigenvalue weighted by Gasteiger charge is -2.13. The Bertz CT molecular complexity index is 436. The summed E-state index contributed by atoms with van der Waals surface area (Å²) in [5, 5.41) is 7.50. The average Bonchev–Trinajstić information content (AvgIpc) is 2.42. The van der Waals surface area contributed by atoms with Gasteiger partial charge in [-0.3, -0.25) is 0 Å². The minimum atomic E-state index is -2.55. The second-order valence-corrected chi connectivity index (χ2v) is 4.23. The molecule has 0 aliphatic rings. The SMILES string of the molecule is CCNCCNc1ccc(/C(N)=C/S)cc1C(F)F. The van der Waals surface area contributed by atoms with Crippen LogP contribution < -0.4 is 16.4 Å². The molecule has 106 valence electrons. The Morgan fingerprint density at radius 3 is 2.74 bits per heavy atom. The smallest absolute Gasteiger partial charge is 0.265 e. The Labute approximate surface area is 117 Å². The lowest BCUT2D eigenvalue weighted by Crippen LogP contribution is -2.22. The number of thiol groups is 1. The second kappa shape index (κ2) is 8.01. The highest BCUT2D eigenvalue weighted by molar-refractivity contribution is 7.83. The fourth-order valence-corrected chi connectivity index (χ4v) is 1.77. The molecule has 0 spiro atoms. The Morgan fingerprint density at radius 2 is 2.16 bits per heavy atom. The van der Waals surface area contributed by atoms with Crippen molar-refractivity contribution >= 4 is 24.0 Å². The van der Waals surface area contributed by atoms with Gasteiger partial charge in [-0.15, -0.1) is 12.6 Å². The van der Waals surface area contributed by atoms with Gasteiger partial charge in [-0.05, 0) is 29.6 Å². The van der Waals surface area contributed by atoms with Gasteiger partial charge in [-0.25, -0.2) is 8.78 Å². The van der Waals surface area contributed by atoms with Crippen molar-refractivity contribution in [3.05, 3.63) is 34.7 Å². The Balaban J connectivity index is 2.86. The third kappa shape index (κ3) is 4.72. The molecule has 19 heavy (non-hydrogen) atoms. The van der Waals surface area contributed by atoms with Crippen LogP contribution in [0.3, 0.4) is 0 Å². The van der Waals surface area contributed by atoms with E-state index in [9.17, 15) is 8.78 Å². The van der Waals surface area contributed by atoms with E-state index in [0.717, 1.165) is 13.1 Å². The first kappa shape index (κ1) is 15.8. The van der Waals surface area contributed by atoms with Gasteiger partial charge in [0.25, 0.3) is 6.43 Å². The molecule has 0 aromatic heterocycles. The molecule has 3 nitrogen and oxygen atoms in total. The number of nitrogens with two attached hydrogens (primary N) is 1. The molecule has 0 amide bonds. The van der Waals surface area contributed by atoms with Crippen molar-refractivity contribution in [2.75, 3.05) is 25.0 Å². The van der Waals surface area contributed by atoms with Gasteiger partial charge in [-0.1, -0.05) is 13.0 Å². The Hall–Kier alpha value is -1.27. The molecule has 0 heterocycles. The van der Waals surface area contributed by atoms with Gasteiger partial charge in [0.15, 0.2) is 0 Å². The van der Waals surface area contributed by atoms with Crippen LogP contribution >= 0.6 is 12.6 Å². The number of anilines is 1. The van der Waals surface area contributed by atoms with E-state index >= 15 is 0 Å². The molecule has 1 aromatic carbocycles. The predicted octanol–water partition coefficient (Wildman–Crippen LogP) is 2.83. The van der Waals surface area contributed by atoms with Crippen molar-refractivity contribution < 1.29 is 8.78 Å². The van der Waals surface area contributed by atoms with Crippen LogP contribution in [0.25, 0.3) is 5.70 Å². The number of rotatable bonds is 7. The highest BCUT2D eigenvalue weighted by atomic mass is 32.1. The van der Waals surface area contributed by atoms with E-state index in [1.807, 2.05) is 6.92 Å². The summed E-state index contributed by atoms with van der Waals surface area (Å²) >= 11 is 3.92. The zero-order valence-electron chi connectivity index (χ0n) is 10.8. The van der Waals surface area contributed by atoms with Gasteiger partial charge in [0.05, 0.1) is 0 Å². The fraction of sp³-hybridized carbons (Fsp3) is 0.385. The van der Waals surface area contributed by atoms with Gasteiger partial charge in [0, 0.05) is 30.0 Å². The van der Waals surface area contributed by atoms with Crippen LogP contribution in [0.2, 0.25) is 0 Å². The monoisotopic (exact) mass is 287 g/mol. The molecule has 0 fully saturated rings. The highest BCUT2D eigenvalue weighted by Gasteiger charge is 2.14. The summed E-state index contributed by atoms with van der Waals surface area (Å²) in [6, 6.07) is 4.71. The first-order valence-corrected chi connectivity index (χ1v) is 6.58. The van der Waals surface area contributed by atoms with E-state index < -0.39 is 6.43 Å². The van der Waals surface area contributed by atoms with E-state index in [4.69, 9.17) is 5.73 Å². The number of hydrogen-bond donors (Lipinski definition) is 4. The summed E-state index contributed by atoms with van der Waals surface area (Å²) in [5.74, 6) is 0. The minimum Gasteiger partial charge on any atom is -0.398 e. The predicted molar refractivity (Wildman–Crippen MR) is 79.6 cm³/mol. The molecule has 0 radical (unpaired) electrons. The summed E-state index contributed by atoms with van der Waals surface area (Å²) in [7, 11) is 0. The molecule has 4 N–H and O–H groups in total. The molecule has 0 aliphatic carbocycles. The van der Waals surface area contributed by atoms with Crippen LogP contribution in [0.4, 0.5) is 14.5 Å². The minimum absolute atomic E-state index is 0.0490. The molecular formula is C13H19F2N3S.